The van der Waals surface area contributed by atoms with E-state index in [2.05, 4.69) is 43.4 Å². The van der Waals surface area contributed by atoms with E-state index in [1.165, 1.54) is 19.2 Å². The minimum absolute atomic E-state index is 0.189. The monoisotopic (exact) mass is 512 g/mol. The van der Waals surface area contributed by atoms with E-state index < -0.39 is 0 Å². The van der Waals surface area contributed by atoms with Crippen LogP contribution in [0.3, 0.4) is 0 Å². The molecule has 3 aliphatic rings. The lowest BCUT2D eigenvalue weighted by Crippen LogP contribution is -2.44. The number of hydrogen-bond donors (Lipinski definition) is 1. The number of carbonyl (C=O) groups is 1. The van der Waals surface area contributed by atoms with Crippen molar-refractivity contribution in [1.29, 1.82) is 0 Å². The van der Waals surface area contributed by atoms with E-state index in [-0.39, 0.29) is 11.9 Å². The Hall–Kier alpha value is -4.25. The first-order chi connectivity index (χ1) is 18.7. The minimum Gasteiger partial charge on any atom is -0.489 e. The van der Waals surface area contributed by atoms with Gasteiger partial charge in [0.2, 0.25) is 0 Å². The Balaban J connectivity index is 1.24. The van der Waals surface area contributed by atoms with Crippen molar-refractivity contribution in [2.75, 3.05) is 36.6 Å². The second-order valence-electron chi connectivity index (χ2n) is 9.95. The fraction of sp³-hybridized carbons (Fsp3) is 0.370. The number of para-hydroxylation sites is 1. The summed E-state index contributed by atoms with van der Waals surface area (Å²) in [5.41, 5.74) is 4.57. The Morgan fingerprint density at radius 1 is 1.11 bits per heavy atom. The van der Waals surface area contributed by atoms with Gasteiger partial charge in [0, 0.05) is 24.7 Å². The summed E-state index contributed by atoms with van der Waals surface area (Å²) in [7, 11) is 0. The smallest absolute Gasteiger partial charge is 0.274 e. The van der Waals surface area contributed by atoms with E-state index in [0.717, 1.165) is 29.2 Å². The number of nitrogens with zero attached hydrogens (tertiary/aromatic N) is 7. The van der Waals surface area contributed by atoms with Gasteiger partial charge in [0.15, 0.2) is 11.6 Å². The van der Waals surface area contributed by atoms with Gasteiger partial charge in [-0.2, -0.15) is 5.10 Å². The maximum atomic E-state index is 13.5. The molecule has 1 aromatic carbocycles. The predicted molar refractivity (Wildman–Crippen MR) is 140 cm³/mol. The number of carbonyl (C=O) groups excluding carboxylic acids is 1. The summed E-state index contributed by atoms with van der Waals surface area (Å²) in [5, 5.41) is 7.28. The molecule has 2 aliphatic heterocycles. The molecule has 2 fully saturated rings. The highest BCUT2D eigenvalue weighted by molar-refractivity contribution is 6.05. The second-order valence-corrected chi connectivity index (χ2v) is 9.95. The summed E-state index contributed by atoms with van der Waals surface area (Å²) in [6, 6.07) is 7.64. The van der Waals surface area contributed by atoms with Crippen LogP contribution in [0.4, 0.5) is 11.4 Å². The summed E-state index contributed by atoms with van der Waals surface area (Å²) in [6.45, 7) is 5.19. The number of nitrogens with one attached hydrogen (secondary N) is 1. The van der Waals surface area contributed by atoms with Crippen LogP contribution in [-0.2, 0) is 11.3 Å². The average molecular weight is 513 g/mol. The standard InChI is InChI=1S/C27H28N8O3/c1-17-14-37-9-7-34(17)24-12-28-21(11-23(24)33-13-22(30-16-33)18-5-6-18)27(36)32-20-4-2-3-19-25(20)38-10-8-35-26(19)29-15-31-35/h2-4,11-13,15-18H,5-10,14H2,1H3,(H,32,36)/t17-/m0/s1. The zero-order valence-corrected chi connectivity index (χ0v) is 21.1. The first kappa shape index (κ1) is 22.9. The lowest BCUT2D eigenvalue weighted by atomic mass is 10.1. The topological polar surface area (TPSA) is 112 Å². The van der Waals surface area contributed by atoms with Gasteiger partial charge < -0.3 is 24.3 Å². The fourth-order valence-electron chi connectivity index (χ4n) is 5.16. The van der Waals surface area contributed by atoms with Crippen molar-refractivity contribution >= 4 is 17.3 Å². The van der Waals surface area contributed by atoms with Crippen LogP contribution in [0.2, 0.25) is 0 Å². The van der Waals surface area contributed by atoms with Crippen LogP contribution in [0.5, 0.6) is 5.75 Å². The third-order valence-corrected chi connectivity index (χ3v) is 7.32. The summed E-state index contributed by atoms with van der Waals surface area (Å²) in [4.78, 5) is 29.4. The number of hydrogen-bond acceptors (Lipinski definition) is 8. The summed E-state index contributed by atoms with van der Waals surface area (Å²) in [6.07, 6.45) is 9.57. The van der Waals surface area contributed by atoms with Gasteiger partial charge in [-0.1, -0.05) is 6.07 Å². The van der Waals surface area contributed by atoms with Crippen LogP contribution in [0.1, 0.15) is 41.9 Å². The highest BCUT2D eigenvalue weighted by Gasteiger charge is 2.28. The van der Waals surface area contributed by atoms with Gasteiger partial charge in [-0.05, 0) is 38.0 Å². The number of fused-ring (bicyclic) bond motifs is 3. The quantitative estimate of drug-likeness (QED) is 0.434. The summed E-state index contributed by atoms with van der Waals surface area (Å²) >= 11 is 0. The van der Waals surface area contributed by atoms with E-state index in [1.807, 2.05) is 35.2 Å². The molecule has 38 heavy (non-hydrogen) atoms. The van der Waals surface area contributed by atoms with E-state index in [4.69, 9.17) is 9.47 Å². The van der Waals surface area contributed by atoms with Crippen LogP contribution in [0.25, 0.3) is 17.1 Å². The number of rotatable bonds is 5. The maximum Gasteiger partial charge on any atom is 0.274 e. The molecule has 1 atom stereocenters. The molecule has 1 saturated heterocycles. The fourth-order valence-corrected chi connectivity index (χ4v) is 5.16. The highest BCUT2D eigenvalue weighted by atomic mass is 16.5. The molecule has 7 rings (SSSR count). The average Bonchev–Trinajstić information content (AvgIpc) is 3.54. The first-order valence-electron chi connectivity index (χ1n) is 13.0. The Morgan fingerprint density at radius 3 is 2.89 bits per heavy atom. The molecule has 3 aromatic heterocycles. The molecule has 194 valence electrons. The summed E-state index contributed by atoms with van der Waals surface area (Å²) < 4.78 is 15.5. The Kier molecular flexibility index (Phi) is 5.58. The van der Waals surface area contributed by atoms with Gasteiger partial charge in [0.1, 0.15) is 18.6 Å². The van der Waals surface area contributed by atoms with Gasteiger partial charge in [0.25, 0.3) is 5.91 Å². The van der Waals surface area contributed by atoms with Crippen molar-refractivity contribution in [3.05, 3.63) is 60.7 Å². The van der Waals surface area contributed by atoms with E-state index in [1.54, 1.807) is 10.9 Å². The highest BCUT2D eigenvalue weighted by Crippen LogP contribution is 2.40. The lowest BCUT2D eigenvalue weighted by Gasteiger charge is -2.36. The largest absolute Gasteiger partial charge is 0.489 e. The number of anilines is 2. The number of ether oxygens (including phenoxy) is 2. The third-order valence-electron chi connectivity index (χ3n) is 7.32. The van der Waals surface area contributed by atoms with E-state index in [9.17, 15) is 4.79 Å². The number of benzene rings is 1. The van der Waals surface area contributed by atoms with Gasteiger partial charge in [-0.3, -0.25) is 4.79 Å². The second kappa shape index (κ2) is 9.25. The zero-order chi connectivity index (χ0) is 25.6. The number of morpholine rings is 1. The molecule has 4 aromatic rings. The molecule has 11 heteroatoms. The van der Waals surface area contributed by atoms with Crippen LogP contribution in [-0.4, -0.2) is 67.6 Å². The molecule has 0 unspecified atom stereocenters. The van der Waals surface area contributed by atoms with E-state index in [0.29, 0.717) is 55.2 Å². The Morgan fingerprint density at radius 2 is 2.03 bits per heavy atom. The van der Waals surface area contributed by atoms with Gasteiger partial charge in [-0.15, -0.1) is 0 Å². The maximum absolute atomic E-state index is 13.5. The molecule has 0 spiro atoms. The molecular weight excluding hydrogens is 484 g/mol. The zero-order valence-electron chi connectivity index (χ0n) is 21.1. The third kappa shape index (κ3) is 4.08. The van der Waals surface area contributed by atoms with Crippen molar-refractivity contribution in [2.24, 2.45) is 0 Å². The van der Waals surface area contributed by atoms with Gasteiger partial charge in [0.05, 0.1) is 60.6 Å². The molecule has 5 heterocycles. The number of imidazole rings is 1. The Bertz CT molecular complexity index is 1510. The van der Waals surface area contributed by atoms with Crippen LogP contribution >= 0.6 is 0 Å². The van der Waals surface area contributed by atoms with Crippen molar-refractivity contribution in [1.82, 2.24) is 29.3 Å². The number of amides is 1. The van der Waals surface area contributed by atoms with Crippen molar-refractivity contribution in [2.45, 2.75) is 38.3 Å². The normalized spacial score (nSPS) is 18.8. The SMILES string of the molecule is C[C@H]1COCCN1c1cnc(C(=O)Nc2cccc3c2OCCn2ncnc2-3)cc1-n1cnc(C2CC2)c1. The molecule has 0 bridgehead atoms. The minimum atomic E-state index is -0.321. The number of aromatic nitrogens is 6. The van der Waals surface area contributed by atoms with Crippen molar-refractivity contribution in [3.8, 4) is 22.8 Å². The van der Waals surface area contributed by atoms with Crippen molar-refractivity contribution in [3.63, 3.8) is 0 Å². The number of pyridine rings is 1. The van der Waals surface area contributed by atoms with Crippen molar-refractivity contribution < 1.29 is 14.3 Å². The van der Waals surface area contributed by atoms with Crippen LogP contribution < -0.4 is 15.0 Å². The molecule has 11 nitrogen and oxygen atoms in total. The molecule has 1 saturated carbocycles. The predicted octanol–water partition coefficient (Wildman–Crippen LogP) is 3.27. The molecule has 1 aliphatic carbocycles. The van der Waals surface area contributed by atoms with Crippen LogP contribution in [0, 0.1) is 0 Å². The summed E-state index contributed by atoms with van der Waals surface area (Å²) in [5.74, 6) is 1.50. The molecule has 1 amide bonds. The lowest BCUT2D eigenvalue weighted by molar-refractivity contribution is 0.0988. The van der Waals surface area contributed by atoms with Gasteiger partial charge in [-0.25, -0.2) is 19.6 Å². The molecular formula is C27H28N8O3. The Labute approximate surface area is 219 Å². The first-order valence-corrected chi connectivity index (χ1v) is 13.0. The molecule has 1 N–H and O–H groups in total. The molecule has 0 radical (unpaired) electrons. The van der Waals surface area contributed by atoms with Crippen LogP contribution in [0.15, 0.2) is 49.3 Å². The van der Waals surface area contributed by atoms with E-state index >= 15 is 0 Å². The van der Waals surface area contributed by atoms with Gasteiger partial charge >= 0.3 is 0 Å².